The first-order valence-electron chi connectivity index (χ1n) is 46.1. The summed E-state index contributed by atoms with van der Waals surface area (Å²) < 4.78 is 11.1. The number of carbonyl (C=O) groups is 15. The Labute approximate surface area is 726 Å². The van der Waals surface area contributed by atoms with Gasteiger partial charge >= 0.3 is 0 Å². The second kappa shape index (κ2) is 66.7. The Balaban J connectivity index is 6.74. The van der Waals surface area contributed by atoms with Crippen LogP contribution in [0.1, 0.15) is 360 Å². The van der Waals surface area contributed by atoms with E-state index in [4.69, 9.17) is 32.4 Å². The van der Waals surface area contributed by atoms with E-state index in [2.05, 4.69) is 42.5 Å². The summed E-state index contributed by atoms with van der Waals surface area (Å²) in [5, 5.41) is 23.4. The molecule has 8 amide bonds. The topological polar surface area (TPSA) is 475 Å². The molecule has 0 aliphatic heterocycles. The van der Waals surface area contributed by atoms with Gasteiger partial charge in [0.1, 0.15) is 46.8 Å². The molecule has 0 aromatic rings. The Morgan fingerprint density at radius 3 is 1.12 bits per heavy atom. The molecule has 0 bridgehead atoms. The Bertz CT molecular complexity index is 3050. The first kappa shape index (κ1) is 114. The third-order valence-electron chi connectivity index (χ3n) is 21.8. The molecule has 0 fully saturated rings. The summed E-state index contributed by atoms with van der Waals surface area (Å²) in [6, 6.07) is -4.61. The third-order valence-corrected chi connectivity index (χ3v) is 21.8. The third kappa shape index (κ3) is 59.6. The predicted molar refractivity (Wildman–Crippen MR) is 476 cm³/mol. The van der Waals surface area contributed by atoms with Crippen LogP contribution >= 0.6 is 0 Å². The van der Waals surface area contributed by atoms with Gasteiger partial charge in [-0.15, -0.1) is 0 Å². The minimum atomic E-state index is -1.07. The molecule has 0 saturated heterocycles. The molecule has 0 spiro atoms. The molecule has 0 aromatic carbocycles. The predicted octanol–water partition coefficient (Wildman–Crippen LogP) is 10.4. The van der Waals surface area contributed by atoms with Crippen LogP contribution in [0, 0.1) is 33.5 Å². The van der Waals surface area contributed by atoms with Crippen LogP contribution < -0.4 is 65.5 Å². The lowest BCUT2D eigenvalue weighted by molar-refractivity contribution is -0.133. The molecule has 0 rings (SSSR count). The molecule has 7 atom stereocenters. The van der Waals surface area contributed by atoms with E-state index in [9.17, 15) is 71.9 Å². The number of hydrogen-bond donors (Lipinski definition) is 12. The molecule has 0 aliphatic rings. The van der Waals surface area contributed by atoms with E-state index in [0.717, 1.165) is 6.42 Å². The fourth-order valence-corrected chi connectivity index (χ4v) is 13.4. The van der Waals surface area contributed by atoms with Crippen LogP contribution in [-0.2, 0) is 81.4 Å². The normalized spacial score (nSPS) is 13.6. The lowest BCUT2D eigenvalue weighted by Crippen LogP contribution is -2.49. The number of rotatable bonds is 76. The van der Waals surface area contributed by atoms with Gasteiger partial charge in [0.2, 0.25) is 47.3 Å². The van der Waals surface area contributed by atoms with Crippen molar-refractivity contribution in [1.82, 2.24) is 42.5 Å². The molecule has 16 N–H and O–H groups in total. The molecule has 0 aliphatic carbocycles. The average Bonchev–Trinajstić information content (AvgIpc) is 0.888. The first-order valence-corrected chi connectivity index (χ1v) is 46.1. The van der Waals surface area contributed by atoms with E-state index >= 15 is 0 Å². The van der Waals surface area contributed by atoms with Crippen LogP contribution in [0.15, 0.2) is 0 Å². The summed E-state index contributed by atoms with van der Waals surface area (Å²) in [5.41, 5.74) is 22.6. The smallest absolute Gasteiger partial charge is 0.242 e. The fraction of sp³-hybridized carbons (Fsp3) is 0.837. The van der Waals surface area contributed by atoms with Crippen molar-refractivity contribution < 1.29 is 81.4 Å². The van der Waals surface area contributed by atoms with E-state index in [0.29, 0.717) is 251 Å². The van der Waals surface area contributed by atoms with Crippen molar-refractivity contribution in [1.29, 1.82) is 0 Å². The number of nitrogens with two attached hydrogens (primary N) is 4. The van der Waals surface area contributed by atoms with Gasteiger partial charge in [-0.05, 0) is 193 Å². The van der Waals surface area contributed by atoms with Crippen LogP contribution in [0.2, 0.25) is 0 Å². The van der Waals surface area contributed by atoms with Crippen molar-refractivity contribution in [2.45, 2.75) is 390 Å². The zero-order valence-corrected chi connectivity index (χ0v) is 77.3. The molecule has 0 saturated carbocycles. The van der Waals surface area contributed by atoms with Crippen LogP contribution in [0.5, 0.6) is 0 Å². The van der Waals surface area contributed by atoms with Crippen LogP contribution in [0.4, 0.5) is 0 Å². The SMILES string of the molecule is CCOCCOCCCC(=O)C(CCCCNC(=O)C(CCCCNC(=O)C(CCCCN)NC(=O)CCCCC(=O)C(C)(C)C)NC(=O)C(CCCCN)CC(=O)CCCCC(=O)C(C)(C)C)NC(=O)C(CCCCNC(=O)C(N)CCCCCC(=O)CCCCC(=O)C(C)(C)C)CNC(=O)C(N)CCCCNC(=O)CCCCC(=O)C(C)(C)C. The van der Waals surface area contributed by atoms with Gasteiger partial charge in [0, 0.05) is 144 Å². The zero-order chi connectivity index (χ0) is 91.2. The summed E-state index contributed by atoms with van der Waals surface area (Å²) >= 11 is 0. The van der Waals surface area contributed by atoms with Crippen molar-refractivity contribution in [2.75, 3.05) is 72.2 Å². The van der Waals surface area contributed by atoms with Crippen molar-refractivity contribution in [2.24, 2.45) is 56.4 Å². The van der Waals surface area contributed by atoms with Gasteiger partial charge in [0.15, 0.2) is 5.78 Å². The first-order chi connectivity index (χ1) is 57.1. The van der Waals surface area contributed by atoms with E-state index in [1.807, 2.05) is 90.0 Å². The monoisotopic (exact) mass is 1710 g/mol. The number of unbranched alkanes of at least 4 members (excludes halogenated alkanes) is 12. The summed E-state index contributed by atoms with van der Waals surface area (Å²) in [4.78, 5) is 200. The molecule has 0 heterocycles. The van der Waals surface area contributed by atoms with Gasteiger partial charge in [-0.25, -0.2) is 0 Å². The van der Waals surface area contributed by atoms with Gasteiger partial charge in [0.25, 0.3) is 0 Å². The number of hydrogen-bond acceptors (Lipinski definition) is 21. The van der Waals surface area contributed by atoms with Crippen LogP contribution in [0.25, 0.3) is 0 Å². The number of Topliss-reactive ketones (excluding diaryl/α,β-unsaturated/α-hetero) is 7. The lowest BCUT2D eigenvalue weighted by Gasteiger charge is -2.24. The number of amides is 8. The standard InChI is InChI=1S/C92H168N12O17/c1-14-120-63-64-121-62-38-49-76(107)73(103-84(115)68(66-101-86(117)72(96)45-29-35-58-97-81(112)54-24-22-52-79(110)91(8,9)10)40-28-34-59-98-85(116)71(95)44-17-15-16-41-69(105)42-18-20-50-77(108)89(2,3)4)46-30-36-60-100-88(119)75(104-83(114)67(39-26-32-56-93)65-70(106)43-19-21-51-78(109)90(5,6)7)48-31-37-61-99-87(118)74(47-27-33-57-94)102-82(113)55-25-23-53-80(111)92(11,12)13/h67-68,71-75H,14-66,93-96H2,1-13H3,(H,97,112)(H,98,116)(H,99,118)(H,100,119)(H,101,117)(H,102,113)(H,103,115)(H,104,114). The van der Waals surface area contributed by atoms with E-state index in [1.165, 1.54) is 0 Å². The van der Waals surface area contributed by atoms with Crippen molar-refractivity contribution in [3.05, 3.63) is 0 Å². The van der Waals surface area contributed by atoms with E-state index in [1.54, 1.807) is 0 Å². The molecule has 7 unspecified atom stereocenters. The number of nitrogens with one attached hydrogen (secondary N) is 8. The number of ketones is 7. The Hall–Kier alpha value is -6.79. The van der Waals surface area contributed by atoms with Crippen molar-refractivity contribution >= 4 is 87.7 Å². The Morgan fingerprint density at radius 1 is 0.289 bits per heavy atom. The van der Waals surface area contributed by atoms with Gasteiger partial charge in [-0.2, -0.15) is 0 Å². The van der Waals surface area contributed by atoms with Crippen LogP contribution in [-0.4, -0.2) is 190 Å². The minimum Gasteiger partial charge on any atom is -0.379 e. The number of ether oxygens (including phenoxy) is 2. The van der Waals surface area contributed by atoms with E-state index in [-0.39, 0.29) is 148 Å². The van der Waals surface area contributed by atoms with Crippen molar-refractivity contribution in [3.8, 4) is 0 Å². The van der Waals surface area contributed by atoms with Gasteiger partial charge in [0.05, 0.1) is 37.3 Å². The largest absolute Gasteiger partial charge is 0.379 e. The summed E-state index contributed by atoms with van der Waals surface area (Å²) in [5.74, 6) is -4.46. The zero-order valence-electron chi connectivity index (χ0n) is 77.3. The van der Waals surface area contributed by atoms with Gasteiger partial charge < -0.3 is 74.9 Å². The second-order valence-electron chi connectivity index (χ2n) is 37.2. The average molecular weight is 1710 g/mol. The molecular weight excluding hydrogens is 1550 g/mol. The highest BCUT2D eigenvalue weighted by Crippen LogP contribution is 2.25. The molecule has 29 nitrogen and oxygen atoms in total. The Morgan fingerprint density at radius 2 is 0.636 bits per heavy atom. The highest BCUT2D eigenvalue weighted by atomic mass is 16.5. The number of carbonyl (C=O) groups excluding carboxylic acids is 15. The fourth-order valence-electron chi connectivity index (χ4n) is 13.4. The second-order valence-corrected chi connectivity index (χ2v) is 37.2. The van der Waals surface area contributed by atoms with Gasteiger partial charge in [-0.1, -0.05) is 109 Å². The van der Waals surface area contributed by atoms with Crippen LogP contribution in [0.3, 0.4) is 0 Å². The quantitative estimate of drug-likeness (QED) is 0.0252. The summed E-state index contributed by atoms with van der Waals surface area (Å²) in [7, 11) is 0. The minimum absolute atomic E-state index is 0.0534. The molecule has 29 heteroatoms. The highest BCUT2D eigenvalue weighted by Gasteiger charge is 2.32. The molecule has 0 aromatic heterocycles. The molecule has 698 valence electrons. The Kier molecular flexibility index (Phi) is 62.9. The van der Waals surface area contributed by atoms with E-state index < -0.39 is 87.3 Å². The molecular formula is C92H168N12O17. The maximum absolute atomic E-state index is 14.7. The molecule has 0 radical (unpaired) electrons. The lowest BCUT2D eigenvalue weighted by atomic mass is 9.87. The van der Waals surface area contributed by atoms with Gasteiger partial charge in [-0.3, -0.25) is 71.9 Å². The summed E-state index contributed by atoms with van der Waals surface area (Å²) in [6.45, 7) is 27.3. The summed E-state index contributed by atoms with van der Waals surface area (Å²) in [6.07, 6.45) is 17.7. The molecule has 121 heavy (non-hydrogen) atoms. The highest BCUT2D eigenvalue weighted by molar-refractivity contribution is 5.93. The maximum atomic E-state index is 14.7. The van der Waals surface area contributed by atoms with Crippen molar-refractivity contribution in [3.63, 3.8) is 0 Å². The maximum Gasteiger partial charge on any atom is 0.242 e.